The number of H-pyrrole nitrogens is 1. The fraction of sp³-hybridized carbons (Fsp3) is 0.478. The number of halogens is 2. The molecule has 10 nitrogen and oxygen atoms in total. The molecule has 0 aromatic carbocycles. The van der Waals surface area contributed by atoms with Gasteiger partial charge < -0.3 is 24.1 Å². The summed E-state index contributed by atoms with van der Waals surface area (Å²) in [6, 6.07) is 1.56. The van der Waals surface area contributed by atoms with Gasteiger partial charge in [-0.2, -0.15) is 0 Å². The van der Waals surface area contributed by atoms with Crippen LogP contribution in [0.5, 0.6) is 0 Å². The summed E-state index contributed by atoms with van der Waals surface area (Å²) in [7, 11) is 2.82. The monoisotopic (exact) mass is 526 g/mol. The Morgan fingerprint density at radius 1 is 1.26 bits per heavy atom. The lowest BCUT2D eigenvalue weighted by Gasteiger charge is -2.38. The van der Waals surface area contributed by atoms with Gasteiger partial charge in [0.2, 0.25) is 0 Å². The first kappa shape index (κ1) is 26.8. The van der Waals surface area contributed by atoms with Crippen molar-refractivity contribution >= 4 is 52.6 Å². The molecule has 35 heavy (non-hydrogen) atoms. The molecule has 0 saturated carbocycles. The number of nitrogens with zero attached hydrogens (tertiary/aromatic N) is 2. The zero-order valence-electron chi connectivity index (χ0n) is 19.9. The van der Waals surface area contributed by atoms with Crippen LogP contribution in [0.1, 0.15) is 46.3 Å². The number of piperidine rings is 1. The second kappa shape index (κ2) is 11.7. The first-order valence-corrected chi connectivity index (χ1v) is 11.8. The van der Waals surface area contributed by atoms with E-state index in [4.69, 9.17) is 32.7 Å². The van der Waals surface area contributed by atoms with Gasteiger partial charge in [-0.1, -0.05) is 23.2 Å². The minimum absolute atomic E-state index is 0.0491. The standard InChI is InChI=1S/C23H28Cl2N4O6/c1-5-35-22(31)14-9-18(26-10-15(14)28-23(32)34-4)29-7-6-13(17(11-29)33-3)8-16(30)21-20(25)19(24)12(2)27-21/h9-10,13,17,27H,5-8,11H2,1-4H3,(H,28,32). The highest BCUT2D eigenvalue weighted by molar-refractivity contribution is 6.44. The van der Waals surface area contributed by atoms with Crippen LogP contribution >= 0.6 is 23.2 Å². The molecule has 1 saturated heterocycles. The topological polar surface area (TPSA) is 123 Å². The molecule has 2 unspecified atom stereocenters. The van der Waals surface area contributed by atoms with Crippen molar-refractivity contribution in [2.75, 3.05) is 44.1 Å². The Balaban J connectivity index is 1.77. The van der Waals surface area contributed by atoms with Crippen LogP contribution in [0.4, 0.5) is 16.3 Å². The number of amides is 1. The van der Waals surface area contributed by atoms with Crippen LogP contribution in [0, 0.1) is 12.8 Å². The normalized spacial score (nSPS) is 17.7. The Hall–Kier alpha value is -2.82. The maximum atomic E-state index is 12.9. The number of rotatable bonds is 8. The zero-order chi connectivity index (χ0) is 25.7. The molecule has 1 aliphatic rings. The van der Waals surface area contributed by atoms with Gasteiger partial charge in [0.25, 0.3) is 0 Å². The number of pyridine rings is 1. The molecule has 0 radical (unpaired) electrons. The van der Waals surface area contributed by atoms with Crippen molar-refractivity contribution in [2.45, 2.75) is 32.8 Å². The summed E-state index contributed by atoms with van der Waals surface area (Å²) in [5.74, 6) is -0.258. The summed E-state index contributed by atoms with van der Waals surface area (Å²) in [4.78, 5) is 46.4. The summed E-state index contributed by atoms with van der Waals surface area (Å²) in [6.45, 7) is 4.65. The number of aryl methyl sites for hydroxylation is 1. The summed E-state index contributed by atoms with van der Waals surface area (Å²) in [5.41, 5.74) is 1.29. The molecule has 12 heteroatoms. The Kier molecular flexibility index (Phi) is 8.98. The molecule has 1 amide bonds. The number of esters is 1. The number of ketones is 1. The Labute approximate surface area is 213 Å². The smallest absolute Gasteiger partial charge is 0.411 e. The highest BCUT2D eigenvalue weighted by Crippen LogP contribution is 2.33. The van der Waals surface area contributed by atoms with E-state index in [9.17, 15) is 14.4 Å². The van der Waals surface area contributed by atoms with Crippen LogP contribution in [0.15, 0.2) is 12.3 Å². The minimum Gasteiger partial charge on any atom is -0.462 e. The fourth-order valence-electron chi connectivity index (χ4n) is 4.03. The number of methoxy groups -OCH3 is 2. The second-order valence-electron chi connectivity index (χ2n) is 8.07. The van der Waals surface area contributed by atoms with E-state index in [-0.39, 0.29) is 47.1 Å². The van der Waals surface area contributed by atoms with Gasteiger partial charge in [0.1, 0.15) is 11.5 Å². The molecule has 2 aromatic heterocycles. The number of aromatic amines is 1. The molecule has 3 rings (SSSR count). The van der Waals surface area contributed by atoms with Crippen molar-refractivity contribution in [2.24, 2.45) is 5.92 Å². The molecule has 2 N–H and O–H groups in total. The Bertz CT molecular complexity index is 1110. The van der Waals surface area contributed by atoms with Gasteiger partial charge >= 0.3 is 12.1 Å². The first-order chi connectivity index (χ1) is 16.7. The fourth-order valence-corrected chi connectivity index (χ4v) is 4.47. The van der Waals surface area contributed by atoms with Gasteiger partial charge in [-0.15, -0.1) is 0 Å². The molecule has 190 valence electrons. The third kappa shape index (κ3) is 6.06. The average molecular weight is 527 g/mol. The van der Waals surface area contributed by atoms with Crippen molar-refractivity contribution in [3.05, 3.63) is 39.3 Å². The summed E-state index contributed by atoms with van der Waals surface area (Å²) >= 11 is 12.3. The quantitative estimate of drug-likeness (QED) is 0.380. The number of hydrogen-bond acceptors (Lipinski definition) is 8. The van der Waals surface area contributed by atoms with Gasteiger partial charge in [0, 0.05) is 32.3 Å². The number of carbonyl (C=O) groups excluding carboxylic acids is 3. The second-order valence-corrected chi connectivity index (χ2v) is 8.83. The SMILES string of the molecule is CCOC(=O)c1cc(N2CCC(CC(=O)c3[nH]c(C)c(Cl)c3Cl)C(OC)C2)ncc1NC(=O)OC. The first-order valence-electron chi connectivity index (χ1n) is 11.1. The van der Waals surface area contributed by atoms with Gasteiger partial charge in [-0.3, -0.25) is 10.1 Å². The predicted octanol–water partition coefficient (Wildman–Crippen LogP) is 4.49. The van der Waals surface area contributed by atoms with Crippen LogP contribution in [-0.2, 0) is 14.2 Å². The Morgan fingerprint density at radius 3 is 2.60 bits per heavy atom. The lowest BCUT2D eigenvalue weighted by Crippen LogP contribution is -2.46. The summed E-state index contributed by atoms with van der Waals surface area (Å²) in [5, 5.41) is 3.06. The number of ether oxygens (including phenoxy) is 3. The van der Waals surface area contributed by atoms with Crippen molar-refractivity contribution in [3.8, 4) is 0 Å². The Morgan fingerprint density at radius 2 is 2.00 bits per heavy atom. The molecular weight excluding hydrogens is 499 g/mol. The van der Waals surface area contributed by atoms with E-state index in [1.807, 2.05) is 4.90 Å². The van der Waals surface area contributed by atoms with Gasteiger partial charge in [-0.05, 0) is 32.3 Å². The van der Waals surface area contributed by atoms with Gasteiger partial charge in [0.05, 0.1) is 47.3 Å². The van der Waals surface area contributed by atoms with Crippen LogP contribution < -0.4 is 10.2 Å². The highest BCUT2D eigenvalue weighted by atomic mass is 35.5. The van der Waals surface area contributed by atoms with Crippen LogP contribution in [-0.4, -0.2) is 67.8 Å². The van der Waals surface area contributed by atoms with E-state index in [0.29, 0.717) is 41.7 Å². The molecule has 0 spiro atoms. The maximum absolute atomic E-state index is 12.9. The van der Waals surface area contributed by atoms with Crippen LogP contribution in [0.2, 0.25) is 10.0 Å². The number of hydrogen-bond donors (Lipinski definition) is 2. The summed E-state index contributed by atoms with van der Waals surface area (Å²) in [6.07, 6.45) is 1.28. The predicted molar refractivity (Wildman–Crippen MR) is 132 cm³/mol. The van der Waals surface area contributed by atoms with E-state index in [0.717, 1.165) is 0 Å². The van der Waals surface area contributed by atoms with E-state index in [1.165, 1.54) is 13.3 Å². The zero-order valence-corrected chi connectivity index (χ0v) is 21.5. The molecule has 2 atom stereocenters. The number of nitrogens with one attached hydrogen (secondary N) is 2. The van der Waals surface area contributed by atoms with Crippen molar-refractivity contribution in [3.63, 3.8) is 0 Å². The molecule has 1 fully saturated rings. The van der Waals surface area contributed by atoms with Gasteiger partial charge in [0.15, 0.2) is 5.78 Å². The van der Waals surface area contributed by atoms with Gasteiger partial charge in [-0.25, -0.2) is 14.6 Å². The average Bonchev–Trinajstić information content (AvgIpc) is 3.11. The van der Waals surface area contributed by atoms with Crippen molar-refractivity contribution in [1.29, 1.82) is 0 Å². The van der Waals surface area contributed by atoms with E-state index in [2.05, 4.69) is 20.0 Å². The molecule has 0 aliphatic carbocycles. The third-order valence-electron chi connectivity index (χ3n) is 5.91. The molecule has 2 aromatic rings. The maximum Gasteiger partial charge on any atom is 0.411 e. The van der Waals surface area contributed by atoms with E-state index < -0.39 is 12.1 Å². The third-order valence-corrected chi connectivity index (χ3v) is 6.86. The molecular formula is C23H28Cl2N4O6. The lowest BCUT2D eigenvalue weighted by molar-refractivity contribution is 0.0373. The molecule has 3 heterocycles. The van der Waals surface area contributed by atoms with Crippen molar-refractivity contribution in [1.82, 2.24) is 9.97 Å². The molecule has 0 bridgehead atoms. The van der Waals surface area contributed by atoms with E-state index >= 15 is 0 Å². The lowest BCUT2D eigenvalue weighted by atomic mass is 9.88. The minimum atomic E-state index is -0.728. The van der Waals surface area contributed by atoms with E-state index in [1.54, 1.807) is 27.0 Å². The van der Waals surface area contributed by atoms with Crippen LogP contribution in [0.3, 0.4) is 0 Å². The number of aromatic nitrogens is 2. The van der Waals surface area contributed by atoms with Crippen molar-refractivity contribution < 1.29 is 28.6 Å². The molecule has 1 aliphatic heterocycles. The summed E-state index contributed by atoms with van der Waals surface area (Å²) < 4.78 is 15.4. The number of carbonyl (C=O) groups is 3. The van der Waals surface area contributed by atoms with Crippen LogP contribution in [0.25, 0.3) is 0 Å². The number of Topliss-reactive ketones (excluding diaryl/α,β-unsaturated/α-hetero) is 1. The highest BCUT2D eigenvalue weighted by Gasteiger charge is 2.33. The number of anilines is 2. The largest absolute Gasteiger partial charge is 0.462 e.